The molecule has 3 rings (SSSR count). The average Bonchev–Trinajstić information content (AvgIpc) is 2.63. The van der Waals surface area contributed by atoms with Crippen molar-refractivity contribution in [3.05, 3.63) is 54.6 Å². The maximum Gasteiger partial charge on any atom is 0.243 e. The van der Waals surface area contributed by atoms with Gasteiger partial charge in [-0.1, -0.05) is 0 Å². The molecule has 0 saturated carbocycles. The second-order valence-corrected chi connectivity index (χ2v) is 7.80. The van der Waals surface area contributed by atoms with E-state index < -0.39 is 15.8 Å². The summed E-state index contributed by atoms with van der Waals surface area (Å²) in [6.45, 7) is 0.516. The van der Waals surface area contributed by atoms with Crippen LogP contribution in [0.4, 0.5) is 10.1 Å². The SMILES string of the molecule is O=C(Nc1ccncc1)C1CCN(S(=O)(=O)c2ccc(F)cc2)CC1. The number of nitrogens with zero attached hydrogens (tertiary/aromatic N) is 2. The largest absolute Gasteiger partial charge is 0.326 e. The van der Waals surface area contributed by atoms with Crippen molar-refractivity contribution < 1.29 is 17.6 Å². The van der Waals surface area contributed by atoms with Gasteiger partial charge >= 0.3 is 0 Å². The van der Waals surface area contributed by atoms with Gasteiger partial charge in [-0.2, -0.15) is 4.31 Å². The summed E-state index contributed by atoms with van der Waals surface area (Å²) in [5.41, 5.74) is 0.668. The zero-order valence-corrected chi connectivity index (χ0v) is 14.2. The second kappa shape index (κ2) is 7.28. The highest BCUT2D eigenvalue weighted by atomic mass is 32.2. The highest BCUT2D eigenvalue weighted by Gasteiger charge is 2.32. The molecule has 25 heavy (non-hydrogen) atoms. The van der Waals surface area contributed by atoms with Gasteiger partial charge in [-0.3, -0.25) is 9.78 Å². The fourth-order valence-corrected chi connectivity index (χ4v) is 4.26. The standard InChI is InChI=1S/C17H18FN3O3S/c18-14-1-3-16(4-2-14)25(23,24)21-11-7-13(8-12-21)17(22)20-15-5-9-19-10-6-15/h1-6,9-10,13H,7-8,11-12H2,(H,19,20,22). The number of pyridine rings is 1. The number of aromatic nitrogens is 1. The third-order valence-electron chi connectivity index (χ3n) is 4.22. The van der Waals surface area contributed by atoms with E-state index in [2.05, 4.69) is 10.3 Å². The highest BCUT2D eigenvalue weighted by Crippen LogP contribution is 2.25. The number of nitrogens with one attached hydrogen (secondary N) is 1. The summed E-state index contributed by atoms with van der Waals surface area (Å²) in [6, 6.07) is 8.17. The van der Waals surface area contributed by atoms with Crippen LogP contribution in [0.15, 0.2) is 53.7 Å². The molecule has 0 unspecified atom stereocenters. The fourth-order valence-electron chi connectivity index (χ4n) is 2.79. The molecule has 0 radical (unpaired) electrons. The average molecular weight is 363 g/mol. The van der Waals surface area contributed by atoms with Gasteiger partial charge in [0, 0.05) is 37.1 Å². The number of hydrogen-bond acceptors (Lipinski definition) is 4. The van der Waals surface area contributed by atoms with Gasteiger partial charge in [-0.25, -0.2) is 12.8 Å². The van der Waals surface area contributed by atoms with Crippen molar-refractivity contribution >= 4 is 21.6 Å². The van der Waals surface area contributed by atoms with E-state index in [0.717, 1.165) is 12.1 Å². The minimum Gasteiger partial charge on any atom is -0.326 e. The number of piperidine rings is 1. The van der Waals surface area contributed by atoms with E-state index in [0.29, 0.717) is 18.5 Å². The molecule has 1 aliphatic rings. The van der Waals surface area contributed by atoms with E-state index in [1.54, 1.807) is 24.5 Å². The predicted molar refractivity (Wildman–Crippen MR) is 90.7 cm³/mol. The van der Waals surface area contributed by atoms with Gasteiger partial charge in [-0.15, -0.1) is 0 Å². The van der Waals surface area contributed by atoms with Gasteiger partial charge in [0.2, 0.25) is 15.9 Å². The molecule has 1 N–H and O–H groups in total. The first-order chi connectivity index (χ1) is 12.0. The molecular weight excluding hydrogens is 345 g/mol. The van der Waals surface area contributed by atoms with Gasteiger partial charge in [0.05, 0.1) is 4.90 Å². The number of carbonyl (C=O) groups is 1. The van der Waals surface area contributed by atoms with E-state index in [1.165, 1.54) is 16.4 Å². The number of benzene rings is 1. The Hall–Kier alpha value is -2.32. The monoisotopic (exact) mass is 363 g/mol. The number of anilines is 1. The summed E-state index contributed by atoms with van der Waals surface area (Å²) in [6.07, 6.45) is 4.07. The lowest BCUT2D eigenvalue weighted by Gasteiger charge is -2.30. The van der Waals surface area contributed by atoms with Crippen LogP contribution in [0, 0.1) is 11.7 Å². The number of carbonyl (C=O) groups excluding carboxylic acids is 1. The molecule has 2 heterocycles. The molecule has 0 aliphatic carbocycles. The summed E-state index contributed by atoms with van der Waals surface area (Å²) in [7, 11) is -3.66. The summed E-state index contributed by atoms with van der Waals surface area (Å²) < 4.78 is 39.4. The lowest BCUT2D eigenvalue weighted by atomic mass is 9.97. The van der Waals surface area contributed by atoms with E-state index in [4.69, 9.17) is 0 Å². The molecule has 0 atom stereocenters. The Morgan fingerprint density at radius 1 is 1.08 bits per heavy atom. The molecule has 2 aromatic rings. The van der Waals surface area contributed by atoms with Gasteiger partial charge in [-0.05, 0) is 49.2 Å². The third-order valence-corrected chi connectivity index (χ3v) is 6.14. The van der Waals surface area contributed by atoms with E-state index in [9.17, 15) is 17.6 Å². The third kappa shape index (κ3) is 4.02. The van der Waals surface area contributed by atoms with Crippen LogP contribution in [0.2, 0.25) is 0 Å². The Bertz CT molecular complexity index is 833. The molecule has 1 saturated heterocycles. The zero-order chi connectivity index (χ0) is 17.9. The Balaban J connectivity index is 1.61. The molecule has 0 bridgehead atoms. The Morgan fingerprint density at radius 2 is 1.68 bits per heavy atom. The van der Waals surface area contributed by atoms with Crippen LogP contribution in [-0.4, -0.2) is 36.7 Å². The minimum absolute atomic E-state index is 0.0635. The summed E-state index contributed by atoms with van der Waals surface area (Å²) in [5.74, 6) is -0.844. The van der Waals surface area contributed by atoms with E-state index in [-0.39, 0.29) is 29.8 Å². The van der Waals surface area contributed by atoms with Gasteiger partial charge in [0.15, 0.2) is 0 Å². The zero-order valence-electron chi connectivity index (χ0n) is 13.4. The lowest BCUT2D eigenvalue weighted by Crippen LogP contribution is -2.41. The molecule has 132 valence electrons. The number of halogens is 1. The molecule has 1 fully saturated rings. The van der Waals surface area contributed by atoms with Crippen molar-refractivity contribution in [2.45, 2.75) is 17.7 Å². The minimum atomic E-state index is -3.66. The van der Waals surface area contributed by atoms with Crippen molar-refractivity contribution in [2.75, 3.05) is 18.4 Å². The van der Waals surface area contributed by atoms with Crippen molar-refractivity contribution in [1.82, 2.24) is 9.29 Å². The van der Waals surface area contributed by atoms with E-state index >= 15 is 0 Å². The van der Waals surface area contributed by atoms with Gasteiger partial charge in [0.25, 0.3) is 0 Å². The van der Waals surface area contributed by atoms with Crippen LogP contribution in [0.5, 0.6) is 0 Å². The molecule has 1 aromatic heterocycles. The highest BCUT2D eigenvalue weighted by molar-refractivity contribution is 7.89. The summed E-state index contributed by atoms with van der Waals surface area (Å²) in [4.78, 5) is 16.2. The Labute approximate surface area is 145 Å². The van der Waals surface area contributed by atoms with Crippen molar-refractivity contribution in [3.8, 4) is 0 Å². The predicted octanol–water partition coefficient (Wildman–Crippen LogP) is 2.26. The van der Waals surface area contributed by atoms with Crippen LogP contribution in [0.25, 0.3) is 0 Å². The van der Waals surface area contributed by atoms with Crippen LogP contribution in [0.1, 0.15) is 12.8 Å². The first-order valence-corrected chi connectivity index (χ1v) is 9.37. The molecule has 6 nitrogen and oxygen atoms in total. The van der Waals surface area contributed by atoms with Crippen LogP contribution in [0.3, 0.4) is 0 Å². The molecule has 1 aliphatic heterocycles. The fraction of sp³-hybridized carbons (Fsp3) is 0.294. The molecule has 8 heteroatoms. The van der Waals surface area contributed by atoms with Gasteiger partial charge in [0.1, 0.15) is 5.82 Å². The smallest absolute Gasteiger partial charge is 0.243 e. The van der Waals surface area contributed by atoms with Crippen molar-refractivity contribution in [1.29, 1.82) is 0 Å². The summed E-state index contributed by atoms with van der Waals surface area (Å²) >= 11 is 0. The normalized spacial score (nSPS) is 16.5. The number of sulfonamides is 1. The molecule has 1 aromatic carbocycles. The number of hydrogen-bond donors (Lipinski definition) is 1. The van der Waals surface area contributed by atoms with E-state index in [1.807, 2.05) is 0 Å². The van der Waals surface area contributed by atoms with Crippen LogP contribution >= 0.6 is 0 Å². The first-order valence-electron chi connectivity index (χ1n) is 7.93. The topological polar surface area (TPSA) is 79.4 Å². The quantitative estimate of drug-likeness (QED) is 0.904. The Morgan fingerprint density at radius 3 is 2.28 bits per heavy atom. The van der Waals surface area contributed by atoms with Crippen molar-refractivity contribution in [3.63, 3.8) is 0 Å². The molecular formula is C17H18FN3O3S. The number of amides is 1. The molecule has 1 amide bonds. The maximum absolute atomic E-state index is 13.0. The maximum atomic E-state index is 13.0. The van der Waals surface area contributed by atoms with Crippen molar-refractivity contribution in [2.24, 2.45) is 5.92 Å². The second-order valence-electron chi connectivity index (χ2n) is 5.86. The van der Waals surface area contributed by atoms with Crippen LogP contribution < -0.4 is 5.32 Å². The van der Waals surface area contributed by atoms with Gasteiger partial charge < -0.3 is 5.32 Å². The van der Waals surface area contributed by atoms with Crippen LogP contribution in [-0.2, 0) is 14.8 Å². The first kappa shape index (κ1) is 17.5. The lowest BCUT2D eigenvalue weighted by molar-refractivity contribution is -0.120. The Kier molecular flexibility index (Phi) is 5.10. The molecule has 0 spiro atoms. The summed E-state index contributed by atoms with van der Waals surface area (Å²) in [5, 5.41) is 2.81. The number of rotatable bonds is 4.